The van der Waals surface area contributed by atoms with E-state index in [2.05, 4.69) is 53.7 Å². The van der Waals surface area contributed by atoms with E-state index in [-0.39, 0.29) is 55.6 Å². The van der Waals surface area contributed by atoms with E-state index in [0.29, 0.717) is 28.2 Å². The molecule has 0 aliphatic carbocycles. The van der Waals surface area contributed by atoms with Crippen LogP contribution in [0, 0.1) is 16.7 Å². The molecule has 1 aliphatic heterocycles. The molecule has 0 bridgehead atoms. The number of carbonyl (C=O) groups excluding carboxylic acids is 2. The van der Waals surface area contributed by atoms with Gasteiger partial charge in [-0.2, -0.15) is 5.26 Å². The Morgan fingerprint density at radius 1 is 0.853 bits per heavy atom. The zero-order chi connectivity index (χ0) is 48.6. The van der Waals surface area contributed by atoms with Crippen molar-refractivity contribution >= 4 is 37.2 Å². The number of ketones is 1. The number of carbonyl (C=O) groups is 2. The molecule has 1 amide bonds. The molecule has 4 atom stereocenters. The fourth-order valence-electron chi connectivity index (χ4n) is 8.68. The molecule has 1 fully saturated rings. The summed E-state index contributed by atoms with van der Waals surface area (Å²) in [5, 5.41) is 12.5. The van der Waals surface area contributed by atoms with Crippen molar-refractivity contribution in [2.75, 3.05) is 32.8 Å². The predicted octanol–water partition coefficient (Wildman–Crippen LogP) is 10.0. The van der Waals surface area contributed by atoms with Crippen LogP contribution in [-0.2, 0) is 28.9 Å². The highest BCUT2D eigenvalue weighted by Gasteiger charge is 2.61. The normalized spacial score (nSPS) is 17.9. The molecule has 0 spiro atoms. The van der Waals surface area contributed by atoms with Gasteiger partial charge in [0.25, 0.3) is 14.4 Å². The van der Waals surface area contributed by atoms with E-state index in [9.17, 15) is 10.1 Å². The molecular formula is C52H60N7O8P. The van der Waals surface area contributed by atoms with Crippen molar-refractivity contribution in [2.24, 2.45) is 5.41 Å². The molecule has 1 unspecified atom stereocenters. The first kappa shape index (κ1) is 49.8. The second-order valence-electron chi connectivity index (χ2n) is 18.1. The molecule has 0 saturated carbocycles. The standard InChI is InChI=1S/C52H60N7O8P/c1-35(2)59(36(3)4)68(65-30-16-29-53)67-43-31-44(58-34-56-45-46(54-33-55-47(45)58)57-48(60)37-17-12-10-13-18-37)66-51(43,49(61)50(5,6)7)32-64-52(38-19-14-11-15-20-38,39-21-25-41(62-8)26-22-39)40-23-27-42(63-9)28-24-40/h10-15,17-28,33-36,43-44H,16,30-32H2,1-9H3,(H,54,55,57,60)/t43-,44+,51+,68?/m0/s1. The van der Waals surface area contributed by atoms with Crippen molar-refractivity contribution in [2.45, 2.75) is 96.9 Å². The van der Waals surface area contributed by atoms with E-state index in [4.69, 9.17) is 33.0 Å². The first-order chi connectivity index (χ1) is 32.7. The molecular weight excluding hydrogens is 882 g/mol. The Balaban J connectivity index is 1.41. The lowest BCUT2D eigenvalue weighted by atomic mass is 9.76. The average Bonchev–Trinajstić information content (AvgIpc) is 3.94. The van der Waals surface area contributed by atoms with Gasteiger partial charge in [-0.05, 0) is 80.8 Å². The molecule has 7 rings (SSSR count). The van der Waals surface area contributed by atoms with Crippen molar-refractivity contribution < 1.29 is 37.6 Å². The van der Waals surface area contributed by atoms with Gasteiger partial charge >= 0.3 is 0 Å². The topological polar surface area (TPSA) is 172 Å². The number of ether oxygens (including phenoxy) is 4. The molecule has 6 aromatic rings. The third-order valence-electron chi connectivity index (χ3n) is 11.8. The maximum absolute atomic E-state index is 15.8. The van der Waals surface area contributed by atoms with Gasteiger partial charge in [-0.3, -0.25) is 14.2 Å². The van der Waals surface area contributed by atoms with Gasteiger partial charge in [0.15, 0.2) is 28.4 Å². The highest BCUT2D eigenvalue weighted by Crippen LogP contribution is 2.55. The van der Waals surface area contributed by atoms with Crippen LogP contribution >= 0.6 is 8.53 Å². The number of nitrogens with one attached hydrogen (secondary N) is 1. The van der Waals surface area contributed by atoms with E-state index in [0.717, 1.165) is 16.7 Å². The lowest BCUT2D eigenvalue weighted by Gasteiger charge is -2.44. The fourth-order valence-corrected chi connectivity index (χ4v) is 10.5. The first-order valence-corrected chi connectivity index (χ1v) is 23.8. The minimum Gasteiger partial charge on any atom is -0.497 e. The number of hydrogen-bond donors (Lipinski definition) is 1. The number of nitriles is 1. The van der Waals surface area contributed by atoms with Crippen LogP contribution in [0.5, 0.6) is 11.5 Å². The highest BCUT2D eigenvalue weighted by atomic mass is 31.2. The summed E-state index contributed by atoms with van der Waals surface area (Å²) in [7, 11) is 1.33. The number of nitrogens with zero attached hydrogens (tertiary/aromatic N) is 6. The van der Waals surface area contributed by atoms with E-state index in [1.807, 2.05) is 106 Å². The fraction of sp³-hybridized carbons (Fsp3) is 0.385. The van der Waals surface area contributed by atoms with Crippen molar-refractivity contribution in [1.82, 2.24) is 24.2 Å². The SMILES string of the molecule is COc1ccc(C(OC[C@@]2(C(=O)C(C)(C)C)O[C@@H](n3cnc4c(NC(=O)c5ccccc5)ncnc43)C[C@@H]2OP(OCCC#N)N(C(C)C)C(C)C)(c2ccccc2)c2ccc(OC)cc2)cc1. The molecule has 1 aliphatic rings. The van der Waals surface area contributed by atoms with E-state index in [1.54, 1.807) is 49.4 Å². The molecule has 0 radical (unpaired) electrons. The first-order valence-electron chi connectivity index (χ1n) is 22.7. The monoisotopic (exact) mass is 941 g/mol. The summed E-state index contributed by atoms with van der Waals surface area (Å²) in [6, 6.07) is 36.1. The zero-order valence-corrected chi connectivity index (χ0v) is 41.0. The van der Waals surface area contributed by atoms with E-state index < -0.39 is 37.5 Å². The number of anilines is 1. The van der Waals surface area contributed by atoms with Crippen LogP contribution in [0.15, 0.2) is 122 Å². The minimum absolute atomic E-state index is 0.0417. The van der Waals surface area contributed by atoms with Gasteiger partial charge in [0, 0.05) is 29.5 Å². The van der Waals surface area contributed by atoms with Crippen LogP contribution in [0.1, 0.15) is 94.6 Å². The number of Topliss-reactive ketones (excluding diaryl/α,β-unsaturated/α-hetero) is 1. The number of hydrogen-bond acceptors (Lipinski definition) is 13. The molecule has 1 saturated heterocycles. The van der Waals surface area contributed by atoms with Gasteiger partial charge in [0.05, 0.1) is 46.3 Å². The maximum Gasteiger partial charge on any atom is 0.259 e. The van der Waals surface area contributed by atoms with Gasteiger partial charge in [-0.1, -0.05) is 93.6 Å². The number of rotatable bonds is 20. The third-order valence-corrected chi connectivity index (χ3v) is 14.0. The molecule has 68 heavy (non-hydrogen) atoms. The number of fused-ring (bicyclic) bond motifs is 1. The maximum atomic E-state index is 15.8. The lowest BCUT2D eigenvalue weighted by Crippen LogP contribution is -2.57. The Morgan fingerprint density at radius 3 is 1.97 bits per heavy atom. The van der Waals surface area contributed by atoms with Gasteiger partial charge in [-0.25, -0.2) is 19.6 Å². The summed E-state index contributed by atoms with van der Waals surface area (Å²) in [5.74, 6) is 0.886. The Bertz CT molecular complexity index is 2620. The highest BCUT2D eigenvalue weighted by molar-refractivity contribution is 7.44. The molecule has 16 heteroatoms. The number of benzene rings is 4. The molecule has 1 N–H and O–H groups in total. The number of amides is 1. The molecule has 15 nitrogen and oxygen atoms in total. The zero-order valence-electron chi connectivity index (χ0n) is 40.1. The quantitative estimate of drug-likeness (QED) is 0.0436. The average molecular weight is 942 g/mol. The van der Waals surface area contributed by atoms with Crippen LogP contribution < -0.4 is 14.8 Å². The number of aromatic nitrogens is 4. The van der Waals surface area contributed by atoms with Crippen LogP contribution in [-0.4, -0.2) is 87.1 Å². The molecule has 2 aromatic heterocycles. The Kier molecular flexibility index (Phi) is 15.7. The molecule has 4 aromatic carbocycles. The van der Waals surface area contributed by atoms with Crippen LogP contribution in [0.3, 0.4) is 0 Å². The van der Waals surface area contributed by atoms with Gasteiger partial charge in [-0.15, -0.1) is 0 Å². The predicted molar refractivity (Wildman–Crippen MR) is 260 cm³/mol. The van der Waals surface area contributed by atoms with Crippen molar-refractivity contribution in [3.05, 3.63) is 144 Å². The molecule has 3 heterocycles. The van der Waals surface area contributed by atoms with Gasteiger partial charge in [0.1, 0.15) is 35.8 Å². The van der Waals surface area contributed by atoms with Crippen molar-refractivity contribution in [3.8, 4) is 17.6 Å². The second kappa shape index (κ2) is 21.5. The Hall–Kier alpha value is -6.11. The molecule has 356 valence electrons. The van der Waals surface area contributed by atoms with Crippen LogP contribution in [0.2, 0.25) is 0 Å². The largest absolute Gasteiger partial charge is 0.497 e. The second-order valence-corrected chi connectivity index (χ2v) is 19.5. The summed E-state index contributed by atoms with van der Waals surface area (Å²) in [6.45, 7) is 13.6. The van der Waals surface area contributed by atoms with Gasteiger partial charge in [0.2, 0.25) is 0 Å². The Labute approximate surface area is 399 Å². The van der Waals surface area contributed by atoms with Crippen LogP contribution in [0.4, 0.5) is 5.82 Å². The summed E-state index contributed by atoms with van der Waals surface area (Å²) < 4.78 is 43.7. The van der Waals surface area contributed by atoms with Crippen LogP contribution in [0.25, 0.3) is 11.2 Å². The van der Waals surface area contributed by atoms with E-state index in [1.165, 1.54) is 6.33 Å². The Morgan fingerprint density at radius 2 is 1.43 bits per heavy atom. The van der Waals surface area contributed by atoms with E-state index >= 15 is 4.79 Å². The summed E-state index contributed by atoms with van der Waals surface area (Å²) >= 11 is 0. The third kappa shape index (κ3) is 10.3. The van der Waals surface area contributed by atoms with Crippen molar-refractivity contribution in [1.29, 1.82) is 5.26 Å². The smallest absolute Gasteiger partial charge is 0.259 e. The lowest BCUT2D eigenvalue weighted by molar-refractivity contribution is -0.182. The van der Waals surface area contributed by atoms with Gasteiger partial charge < -0.3 is 33.3 Å². The summed E-state index contributed by atoms with van der Waals surface area (Å²) in [6.07, 6.45) is 1.29. The van der Waals surface area contributed by atoms with Crippen molar-refractivity contribution in [3.63, 3.8) is 0 Å². The summed E-state index contributed by atoms with van der Waals surface area (Å²) in [4.78, 5) is 42.8. The minimum atomic E-state index is -1.91. The summed E-state index contributed by atoms with van der Waals surface area (Å²) in [5.41, 5.74) is -0.706. The number of imidazole rings is 1. The number of methoxy groups -OCH3 is 2.